The number of anilines is 1. The van der Waals surface area contributed by atoms with Crippen LogP contribution in [0.1, 0.15) is 15.9 Å². The average Bonchev–Trinajstić information content (AvgIpc) is 3.06. The van der Waals surface area contributed by atoms with Crippen LogP contribution in [0.3, 0.4) is 0 Å². The van der Waals surface area contributed by atoms with Crippen molar-refractivity contribution in [1.82, 2.24) is 0 Å². The van der Waals surface area contributed by atoms with Crippen LogP contribution in [0.25, 0.3) is 6.08 Å². The van der Waals surface area contributed by atoms with Gasteiger partial charge < -0.3 is 14.4 Å². The molecule has 1 aliphatic rings. The van der Waals surface area contributed by atoms with E-state index in [0.29, 0.717) is 17.1 Å². The van der Waals surface area contributed by atoms with Gasteiger partial charge >= 0.3 is 0 Å². The third kappa shape index (κ3) is 3.66. The summed E-state index contributed by atoms with van der Waals surface area (Å²) in [5.41, 5.74) is 2.82. The first kappa shape index (κ1) is 15.9. The molecule has 0 spiro atoms. The van der Waals surface area contributed by atoms with Crippen LogP contribution in [0.2, 0.25) is 0 Å². The van der Waals surface area contributed by atoms with Crippen molar-refractivity contribution in [3.8, 4) is 11.5 Å². The number of hydrogen-bond donors (Lipinski definition) is 0. The van der Waals surface area contributed by atoms with Crippen molar-refractivity contribution in [2.75, 3.05) is 25.8 Å². The van der Waals surface area contributed by atoms with E-state index in [1.54, 1.807) is 30.4 Å². The maximum absolute atomic E-state index is 12.2. The van der Waals surface area contributed by atoms with E-state index in [9.17, 15) is 4.79 Å². The maximum Gasteiger partial charge on any atom is 0.231 e. The number of benzene rings is 2. The van der Waals surface area contributed by atoms with E-state index in [2.05, 4.69) is 17.0 Å². The minimum Gasteiger partial charge on any atom is -0.454 e. The molecule has 0 fully saturated rings. The molecule has 3 rings (SSSR count). The van der Waals surface area contributed by atoms with E-state index in [4.69, 9.17) is 9.47 Å². The molecule has 122 valence electrons. The summed E-state index contributed by atoms with van der Waals surface area (Å²) >= 11 is 0. The number of ether oxygens (including phenoxy) is 2. The number of carbonyl (C=O) groups excluding carboxylic acids is 1. The van der Waals surface area contributed by atoms with Gasteiger partial charge in [-0.3, -0.25) is 4.79 Å². The summed E-state index contributed by atoms with van der Waals surface area (Å²) in [4.78, 5) is 14.2. The average molecular weight is 321 g/mol. The Morgan fingerprint density at radius 1 is 1.00 bits per heavy atom. The second-order valence-corrected chi connectivity index (χ2v) is 5.64. The van der Waals surface area contributed by atoms with Crippen LogP contribution in [-0.2, 0) is 0 Å². The monoisotopic (exact) mass is 321 g/mol. The normalized spacial score (nSPS) is 12.9. The molecule has 2 aromatic carbocycles. The van der Waals surface area contributed by atoms with E-state index in [-0.39, 0.29) is 12.6 Å². The molecule has 0 saturated heterocycles. The molecule has 0 unspecified atom stereocenters. The van der Waals surface area contributed by atoms with Crippen molar-refractivity contribution in [1.29, 1.82) is 0 Å². The molecule has 1 heterocycles. The first-order valence-electron chi connectivity index (χ1n) is 7.69. The number of ketones is 1. The smallest absolute Gasteiger partial charge is 0.231 e. The van der Waals surface area contributed by atoms with Gasteiger partial charge in [-0.25, -0.2) is 0 Å². The van der Waals surface area contributed by atoms with Crippen LogP contribution < -0.4 is 14.4 Å². The number of hydrogen-bond acceptors (Lipinski definition) is 4. The fraction of sp³-hybridized carbons (Fsp3) is 0.150. The lowest BCUT2D eigenvalue weighted by Crippen LogP contribution is -2.07. The number of nitrogens with zero attached hydrogens (tertiary/aromatic N) is 1. The summed E-state index contributed by atoms with van der Waals surface area (Å²) in [6.07, 6.45) is 7.10. The standard InChI is InChI=1S/C20H19NO3/c1-21(2)17-10-7-15(8-11-17)5-3-4-6-18(22)16-9-12-19-20(13-16)24-14-23-19/h3-13H,14H2,1-2H3/b5-3+,6-4+. The second-order valence-electron chi connectivity index (χ2n) is 5.64. The number of carbonyl (C=O) groups is 1. The van der Waals surface area contributed by atoms with Crippen molar-refractivity contribution >= 4 is 17.5 Å². The van der Waals surface area contributed by atoms with Gasteiger partial charge in [-0.15, -0.1) is 0 Å². The molecular formula is C20H19NO3. The zero-order valence-corrected chi connectivity index (χ0v) is 13.7. The highest BCUT2D eigenvalue weighted by Crippen LogP contribution is 2.32. The summed E-state index contributed by atoms with van der Waals surface area (Å²) < 4.78 is 10.5. The number of fused-ring (bicyclic) bond motifs is 1. The third-order valence-electron chi connectivity index (χ3n) is 3.71. The van der Waals surface area contributed by atoms with Crippen LogP contribution in [0.15, 0.2) is 60.7 Å². The lowest BCUT2D eigenvalue weighted by molar-refractivity contribution is 0.104. The van der Waals surface area contributed by atoms with Gasteiger partial charge in [0.15, 0.2) is 17.3 Å². The Morgan fingerprint density at radius 3 is 2.50 bits per heavy atom. The second kappa shape index (κ2) is 7.04. The molecule has 0 aliphatic carbocycles. The maximum atomic E-state index is 12.2. The van der Waals surface area contributed by atoms with Crippen molar-refractivity contribution in [2.24, 2.45) is 0 Å². The summed E-state index contributed by atoms with van der Waals surface area (Å²) in [5, 5.41) is 0. The summed E-state index contributed by atoms with van der Waals surface area (Å²) in [6.45, 7) is 0.207. The molecule has 0 N–H and O–H groups in total. The van der Waals surface area contributed by atoms with Crippen molar-refractivity contribution < 1.29 is 14.3 Å². The summed E-state index contributed by atoms with van der Waals surface area (Å²) in [7, 11) is 4.02. The fourth-order valence-corrected chi connectivity index (χ4v) is 2.34. The van der Waals surface area contributed by atoms with Crippen LogP contribution in [0.4, 0.5) is 5.69 Å². The molecule has 0 atom stereocenters. The van der Waals surface area contributed by atoms with Crippen LogP contribution in [0, 0.1) is 0 Å². The van der Waals surface area contributed by atoms with Gasteiger partial charge in [0.1, 0.15) is 0 Å². The van der Waals surface area contributed by atoms with E-state index in [1.165, 1.54) is 0 Å². The summed E-state index contributed by atoms with van der Waals surface area (Å²) in [5.74, 6) is 1.23. The first-order valence-corrected chi connectivity index (χ1v) is 7.69. The molecule has 1 aliphatic heterocycles. The quantitative estimate of drug-likeness (QED) is 0.475. The molecule has 0 bridgehead atoms. The number of allylic oxidation sites excluding steroid dienone is 3. The predicted molar refractivity (Wildman–Crippen MR) is 95.8 cm³/mol. The van der Waals surface area contributed by atoms with Gasteiger partial charge in [0.2, 0.25) is 6.79 Å². The Morgan fingerprint density at radius 2 is 1.75 bits per heavy atom. The van der Waals surface area contributed by atoms with E-state index >= 15 is 0 Å². The zero-order valence-electron chi connectivity index (χ0n) is 13.7. The minimum atomic E-state index is -0.0686. The molecule has 0 saturated carbocycles. The number of rotatable bonds is 5. The van der Waals surface area contributed by atoms with Crippen LogP contribution in [0.5, 0.6) is 11.5 Å². The summed E-state index contributed by atoms with van der Waals surface area (Å²) in [6, 6.07) is 13.4. The first-order chi connectivity index (χ1) is 11.6. The molecule has 24 heavy (non-hydrogen) atoms. The molecule has 0 aromatic heterocycles. The molecule has 0 radical (unpaired) electrons. The Labute approximate surface area is 141 Å². The topological polar surface area (TPSA) is 38.8 Å². The van der Waals surface area contributed by atoms with Crippen molar-refractivity contribution in [3.63, 3.8) is 0 Å². The predicted octanol–water partition coefficient (Wildman–Crippen LogP) is 3.93. The van der Waals surface area contributed by atoms with Crippen LogP contribution in [-0.4, -0.2) is 26.7 Å². The van der Waals surface area contributed by atoms with Crippen LogP contribution >= 0.6 is 0 Å². The molecule has 4 nitrogen and oxygen atoms in total. The van der Waals surface area contributed by atoms with Gasteiger partial charge in [-0.1, -0.05) is 30.4 Å². The van der Waals surface area contributed by atoms with Gasteiger partial charge in [0.25, 0.3) is 0 Å². The SMILES string of the molecule is CN(C)c1ccc(/C=C/C=C/C(=O)c2ccc3c(c2)OCO3)cc1. The fourth-order valence-electron chi connectivity index (χ4n) is 2.34. The Balaban J connectivity index is 1.62. The Bertz CT molecular complexity index is 789. The Hall–Kier alpha value is -3.01. The van der Waals surface area contributed by atoms with Gasteiger partial charge in [0.05, 0.1) is 0 Å². The van der Waals surface area contributed by atoms with E-state index < -0.39 is 0 Å². The highest BCUT2D eigenvalue weighted by molar-refractivity contribution is 6.05. The van der Waals surface area contributed by atoms with Crippen molar-refractivity contribution in [2.45, 2.75) is 0 Å². The third-order valence-corrected chi connectivity index (χ3v) is 3.71. The molecule has 4 heteroatoms. The van der Waals surface area contributed by atoms with Crippen molar-refractivity contribution in [3.05, 3.63) is 71.8 Å². The lowest BCUT2D eigenvalue weighted by atomic mass is 10.1. The minimum absolute atomic E-state index is 0.0686. The van der Waals surface area contributed by atoms with E-state index in [0.717, 1.165) is 11.3 Å². The van der Waals surface area contributed by atoms with Gasteiger partial charge in [-0.05, 0) is 42.0 Å². The Kier molecular flexibility index (Phi) is 4.66. The molecule has 2 aromatic rings. The molecular weight excluding hydrogens is 302 g/mol. The zero-order chi connectivity index (χ0) is 16.9. The van der Waals surface area contributed by atoms with Gasteiger partial charge in [0, 0.05) is 25.3 Å². The largest absolute Gasteiger partial charge is 0.454 e. The van der Waals surface area contributed by atoms with E-state index in [1.807, 2.05) is 38.4 Å². The highest BCUT2D eigenvalue weighted by atomic mass is 16.7. The van der Waals surface area contributed by atoms with Gasteiger partial charge in [-0.2, -0.15) is 0 Å². The molecule has 0 amide bonds. The lowest BCUT2D eigenvalue weighted by Gasteiger charge is -2.11. The highest BCUT2D eigenvalue weighted by Gasteiger charge is 2.14.